The van der Waals surface area contributed by atoms with Gasteiger partial charge in [-0.05, 0) is 42.8 Å². The Morgan fingerprint density at radius 2 is 1.63 bits per heavy atom. The van der Waals surface area contributed by atoms with Crippen LogP contribution in [0.25, 0.3) is 0 Å². The third-order valence-electron chi connectivity index (χ3n) is 5.92. The van der Waals surface area contributed by atoms with Crippen molar-refractivity contribution in [3.05, 3.63) is 90.8 Å². The van der Waals surface area contributed by atoms with Crippen LogP contribution in [0.3, 0.4) is 0 Å². The standard InChI is InChI=1S/C29H29N5O6S2.BrH/c1-39-26-20-25(31-29(32-26)40-2)33-42(37,38)22-15-13-21(14-16-22)30-28(36)23-10-4-5-11-24(23)41-27(35)12-6-9-19-34-17-7-3-8-18-34;/h3-5,7-8,10-11,13-18,20H,6,9,12,19H2,1-2H3,(H-,30,31,32,33,36);1H. The number of ether oxygens (including phenoxy) is 2. The van der Waals surface area contributed by atoms with Gasteiger partial charge in [-0.3, -0.25) is 14.3 Å². The maximum Gasteiger partial charge on any atom is 0.321 e. The average Bonchev–Trinajstić information content (AvgIpc) is 3.00. The molecule has 226 valence electrons. The summed E-state index contributed by atoms with van der Waals surface area (Å²) in [7, 11) is -1.28. The Morgan fingerprint density at radius 3 is 2.33 bits per heavy atom. The Hall–Kier alpha value is -4.01. The minimum Gasteiger partial charge on any atom is -1.00 e. The maximum absolute atomic E-state index is 13.1. The molecule has 2 heterocycles. The third-order valence-corrected chi connectivity index (χ3v) is 8.29. The second-order valence-corrected chi connectivity index (χ2v) is 11.7. The van der Waals surface area contributed by atoms with E-state index in [4.69, 9.17) is 9.47 Å². The molecule has 0 saturated carbocycles. The molecule has 4 rings (SSSR count). The number of aromatic nitrogens is 3. The fraction of sp³-hybridized carbons (Fsp3) is 0.207. The van der Waals surface area contributed by atoms with Crippen molar-refractivity contribution in [2.45, 2.75) is 35.6 Å². The molecule has 0 fully saturated rings. The number of unbranched alkanes of at least 4 members (excludes halogenated alkanes) is 1. The van der Waals surface area contributed by atoms with E-state index in [1.807, 2.05) is 30.6 Å². The van der Waals surface area contributed by atoms with Crippen LogP contribution in [0, 0.1) is 0 Å². The van der Waals surface area contributed by atoms with E-state index in [9.17, 15) is 18.0 Å². The molecule has 1 amide bonds. The van der Waals surface area contributed by atoms with Gasteiger partial charge in [-0.25, -0.2) is 13.0 Å². The Labute approximate surface area is 264 Å². The number of nitrogens with one attached hydrogen (secondary N) is 2. The highest BCUT2D eigenvalue weighted by atomic mass is 79.9. The molecule has 0 aliphatic rings. The molecule has 0 aliphatic carbocycles. The van der Waals surface area contributed by atoms with Crippen molar-refractivity contribution in [3.8, 4) is 11.9 Å². The van der Waals surface area contributed by atoms with Gasteiger partial charge in [0, 0.05) is 41.6 Å². The number of pyridine rings is 1. The van der Waals surface area contributed by atoms with Gasteiger partial charge < -0.3 is 31.8 Å². The number of benzene rings is 2. The van der Waals surface area contributed by atoms with E-state index >= 15 is 0 Å². The van der Waals surface area contributed by atoms with Gasteiger partial charge in [0.1, 0.15) is 6.54 Å². The second kappa shape index (κ2) is 16.0. The maximum atomic E-state index is 13.1. The van der Waals surface area contributed by atoms with Crippen LogP contribution in [-0.4, -0.2) is 43.6 Å². The van der Waals surface area contributed by atoms with E-state index in [-0.39, 0.29) is 44.7 Å². The number of amides is 1. The number of sulfonamides is 1. The molecule has 11 nitrogen and oxygen atoms in total. The highest BCUT2D eigenvalue weighted by molar-refractivity contribution is 8.13. The molecule has 14 heteroatoms. The molecule has 2 N–H and O–H groups in total. The largest absolute Gasteiger partial charge is 1.00 e. The van der Waals surface area contributed by atoms with Crippen LogP contribution in [-0.2, 0) is 21.4 Å². The smallest absolute Gasteiger partial charge is 0.321 e. The molecule has 0 unspecified atom stereocenters. The number of carbonyl (C=O) groups excluding carboxylic acids is 2. The van der Waals surface area contributed by atoms with Crippen LogP contribution in [0.2, 0.25) is 0 Å². The molecule has 43 heavy (non-hydrogen) atoms. The van der Waals surface area contributed by atoms with E-state index in [1.54, 1.807) is 24.3 Å². The number of methoxy groups -OCH3 is 2. The van der Waals surface area contributed by atoms with Gasteiger partial charge in [0.25, 0.3) is 15.9 Å². The molecule has 0 bridgehead atoms. The number of anilines is 2. The van der Waals surface area contributed by atoms with E-state index in [0.29, 0.717) is 22.6 Å². The number of aryl methyl sites for hydroxylation is 1. The first-order chi connectivity index (χ1) is 20.3. The summed E-state index contributed by atoms with van der Waals surface area (Å²) in [6.45, 7) is 0.831. The van der Waals surface area contributed by atoms with Crippen LogP contribution < -0.4 is 41.1 Å². The summed E-state index contributed by atoms with van der Waals surface area (Å²) in [5.41, 5.74) is 0.731. The van der Waals surface area contributed by atoms with Gasteiger partial charge in [0.05, 0.1) is 24.7 Å². The van der Waals surface area contributed by atoms with Crippen molar-refractivity contribution in [2.24, 2.45) is 0 Å². The van der Waals surface area contributed by atoms with Gasteiger partial charge in [0.2, 0.25) is 5.88 Å². The molecule has 2 aromatic heterocycles. The van der Waals surface area contributed by atoms with Crippen molar-refractivity contribution < 1.29 is 49.0 Å². The van der Waals surface area contributed by atoms with E-state index < -0.39 is 15.9 Å². The van der Waals surface area contributed by atoms with Crippen molar-refractivity contribution in [2.75, 3.05) is 24.3 Å². The van der Waals surface area contributed by atoms with E-state index in [2.05, 4.69) is 24.6 Å². The lowest BCUT2D eigenvalue weighted by molar-refractivity contribution is -0.697. The zero-order valence-electron chi connectivity index (χ0n) is 23.4. The summed E-state index contributed by atoms with van der Waals surface area (Å²) < 4.78 is 40.2. The Balaban J connectivity index is 0.00000506. The summed E-state index contributed by atoms with van der Waals surface area (Å²) in [6, 6.07) is 19.7. The van der Waals surface area contributed by atoms with Gasteiger partial charge in [-0.15, -0.1) is 0 Å². The highest BCUT2D eigenvalue weighted by Crippen LogP contribution is 2.27. The van der Waals surface area contributed by atoms with Gasteiger partial charge in [-0.1, -0.05) is 30.0 Å². The molecular weight excluding hydrogens is 658 g/mol. The second-order valence-electron chi connectivity index (χ2n) is 8.91. The Morgan fingerprint density at radius 1 is 0.907 bits per heavy atom. The van der Waals surface area contributed by atoms with Crippen molar-refractivity contribution in [1.29, 1.82) is 0 Å². The minimum absolute atomic E-state index is 0. The van der Waals surface area contributed by atoms with E-state index in [1.165, 1.54) is 44.6 Å². The minimum atomic E-state index is -4.01. The zero-order valence-corrected chi connectivity index (χ0v) is 26.6. The van der Waals surface area contributed by atoms with Crippen LogP contribution in [0.4, 0.5) is 11.5 Å². The molecule has 0 atom stereocenters. The number of hydrogen-bond donors (Lipinski definition) is 2. The van der Waals surface area contributed by atoms with Crippen LogP contribution >= 0.6 is 11.8 Å². The third kappa shape index (κ3) is 9.76. The number of carbonyl (C=O) groups is 2. The number of halogens is 1. The predicted molar refractivity (Wildman–Crippen MR) is 158 cm³/mol. The van der Waals surface area contributed by atoms with Crippen molar-refractivity contribution in [1.82, 2.24) is 9.97 Å². The lowest BCUT2D eigenvalue weighted by atomic mass is 10.2. The summed E-state index contributed by atoms with van der Waals surface area (Å²) in [5, 5.41) is 2.75. The molecule has 0 saturated heterocycles. The fourth-order valence-corrected chi connectivity index (χ4v) is 5.73. The first-order valence-electron chi connectivity index (χ1n) is 12.9. The number of nitrogens with zero attached hydrogens (tertiary/aromatic N) is 3. The lowest BCUT2D eigenvalue weighted by Crippen LogP contribution is -3.00. The molecule has 0 aliphatic heterocycles. The highest BCUT2D eigenvalue weighted by Gasteiger charge is 2.18. The van der Waals surface area contributed by atoms with Gasteiger partial charge >= 0.3 is 6.01 Å². The molecule has 2 aromatic carbocycles. The van der Waals surface area contributed by atoms with Crippen molar-refractivity contribution in [3.63, 3.8) is 0 Å². The first-order valence-corrected chi connectivity index (χ1v) is 15.2. The monoisotopic (exact) mass is 687 g/mol. The molecule has 0 radical (unpaired) electrons. The fourth-order valence-electron chi connectivity index (χ4n) is 3.83. The number of hydrogen-bond acceptors (Lipinski definition) is 9. The number of rotatable bonds is 13. The van der Waals surface area contributed by atoms with Crippen LogP contribution in [0.5, 0.6) is 11.9 Å². The molecule has 4 aromatic rings. The Bertz CT molecular complexity index is 1620. The summed E-state index contributed by atoms with van der Waals surface area (Å²) >= 11 is 1.04. The average molecular weight is 689 g/mol. The summed E-state index contributed by atoms with van der Waals surface area (Å²) in [6.07, 6.45) is 5.98. The van der Waals surface area contributed by atoms with E-state index in [0.717, 1.165) is 31.1 Å². The van der Waals surface area contributed by atoms with Gasteiger partial charge in [0.15, 0.2) is 23.3 Å². The number of thioether (sulfide) groups is 1. The normalized spacial score (nSPS) is 10.7. The lowest BCUT2D eigenvalue weighted by Gasteiger charge is -2.11. The summed E-state index contributed by atoms with van der Waals surface area (Å²) in [4.78, 5) is 34.1. The predicted octanol–water partition coefficient (Wildman–Crippen LogP) is 1.33. The zero-order chi connectivity index (χ0) is 30.0. The Kier molecular flexibility index (Phi) is 12.5. The van der Waals surface area contributed by atoms with Crippen molar-refractivity contribution >= 4 is 44.3 Å². The summed E-state index contributed by atoms with van der Waals surface area (Å²) in [5.74, 6) is -0.324. The van der Waals surface area contributed by atoms with Crippen LogP contribution in [0.15, 0.2) is 95.0 Å². The topological polar surface area (TPSA) is 140 Å². The van der Waals surface area contributed by atoms with Crippen LogP contribution in [0.1, 0.15) is 29.6 Å². The SMILES string of the molecule is COc1cc(NS(=O)(=O)c2ccc(NC(=O)c3ccccc3SC(=O)CCCC[n+]3ccccc3)cc2)nc(OC)n1.[Br-]. The molecule has 0 spiro atoms. The molecular formula is C29H30BrN5O6S2. The quantitative estimate of drug-likeness (QED) is 0.121. The van der Waals surface area contributed by atoms with Gasteiger partial charge in [-0.2, -0.15) is 9.97 Å². The first kappa shape index (κ1) is 33.5.